The van der Waals surface area contributed by atoms with E-state index in [4.69, 9.17) is 0 Å². The van der Waals surface area contributed by atoms with Crippen LogP contribution in [0.2, 0.25) is 0 Å². The average molecular weight is 482 g/mol. The number of carbonyl (C=O) groups is 2. The van der Waals surface area contributed by atoms with E-state index in [1.807, 2.05) is 13.0 Å². The molecular formula is C23H29F2N3O4S. The Kier molecular flexibility index (Phi) is 9.33. The summed E-state index contributed by atoms with van der Waals surface area (Å²) < 4.78 is 52.6. The summed E-state index contributed by atoms with van der Waals surface area (Å²) in [6.07, 6.45) is 2.53. The molecular weight excluding hydrogens is 452 g/mol. The van der Waals surface area contributed by atoms with E-state index in [1.54, 1.807) is 31.2 Å². The largest absolute Gasteiger partial charge is 0.354 e. The molecule has 0 fully saturated rings. The van der Waals surface area contributed by atoms with E-state index >= 15 is 0 Å². The summed E-state index contributed by atoms with van der Waals surface area (Å²) in [6.45, 7) is 3.39. The van der Waals surface area contributed by atoms with Gasteiger partial charge in [-0.3, -0.25) is 13.9 Å². The topological polar surface area (TPSA) is 86.8 Å². The number of nitrogens with zero attached hydrogens (tertiary/aromatic N) is 2. The molecule has 0 unspecified atom stereocenters. The van der Waals surface area contributed by atoms with Crippen molar-refractivity contribution in [3.63, 3.8) is 0 Å². The van der Waals surface area contributed by atoms with Crippen molar-refractivity contribution in [2.24, 2.45) is 0 Å². The predicted octanol–water partition coefficient (Wildman–Crippen LogP) is 3.06. The number of unbranched alkanes of at least 4 members (excludes halogenated alkanes) is 1. The van der Waals surface area contributed by atoms with E-state index in [2.05, 4.69) is 5.32 Å². The number of carbonyl (C=O) groups excluding carboxylic acids is 2. The maximum absolute atomic E-state index is 13.7. The van der Waals surface area contributed by atoms with Crippen molar-refractivity contribution in [3.05, 3.63) is 65.7 Å². The van der Waals surface area contributed by atoms with Crippen molar-refractivity contribution >= 4 is 27.5 Å². The van der Waals surface area contributed by atoms with Crippen molar-refractivity contribution in [1.82, 2.24) is 10.2 Å². The molecule has 180 valence electrons. The first kappa shape index (κ1) is 26.2. The summed E-state index contributed by atoms with van der Waals surface area (Å²) in [4.78, 5) is 27.2. The Morgan fingerprint density at radius 3 is 2.30 bits per heavy atom. The van der Waals surface area contributed by atoms with Gasteiger partial charge in [-0.1, -0.05) is 43.7 Å². The molecule has 0 aromatic heterocycles. The number of sulfonamides is 1. The standard InChI is InChI=1S/C23H29F2N3O4S/c1-4-5-13-26-23(30)17(2)27(15-18-9-7-6-8-10-18)22(29)16-28(33(3,31)32)19-11-12-20(24)21(25)14-19/h6-12,14,17H,4-5,13,15-16H2,1-3H3,(H,26,30)/t17-/m1/s1. The molecule has 0 bridgehead atoms. The second-order valence-electron chi connectivity index (χ2n) is 7.70. The second kappa shape index (κ2) is 11.7. The molecule has 0 heterocycles. The van der Waals surface area contributed by atoms with Gasteiger partial charge in [-0.25, -0.2) is 17.2 Å². The van der Waals surface area contributed by atoms with Gasteiger partial charge >= 0.3 is 0 Å². The molecule has 0 aliphatic carbocycles. The van der Waals surface area contributed by atoms with E-state index in [-0.39, 0.29) is 18.1 Å². The Bertz CT molecular complexity index is 1060. The molecule has 2 amide bonds. The molecule has 0 radical (unpaired) electrons. The third-order valence-corrected chi connectivity index (χ3v) is 6.20. The van der Waals surface area contributed by atoms with Crippen molar-refractivity contribution in [2.75, 3.05) is 23.7 Å². The highest BCUT2D eigenvalue weighted by molar-refractivity contribution is 7.92. The monoisotopic (exact) mass is 481 g/mol. The Labute approximate surface area is 193 Å². The van der Waals surface area contributed by atoms with E-state index < -0.39 is 40.2 Å². The van der Waals surface area contributed by atoms with E-state index in [1.165, 1.54) is 4.90 Å². The van der Waals surface area contributed by atoms with Gasteiger partial charge in [0.15, 0.2) is 11.6 Å². The zero-order valence-corrected chi connectivity index (χ0v) is 19.7. The summed E-state index contributed by atoms with van der Waals surface area (Å²) in [5, 5.41) is 2.78. The van der Waals surface area contributed by atoms with Gasteiger partial charge in [0, 0.05) is 19.2 Å². The fraction of sp³-hybridized carbons (Fsp3) is 0.391. The van der Waals surface area contributed by atoms with Gasteiger partial charge in [0.05, 0.1) is 11.9 Å². The average Bonchev–Trinajstić information content (AvgIpc) is 2.77. The van der Waals surface area contributed by atoms with Gasteiger partial charge in [0.2, 0.25) is 21.8 Å². The Hall–Kier alpha value is -3.01. The maximum atomic E-state index is 13.7. The Morgan fingerprint density at radius 1 is 1.06 bits per heavy atom. The van der Waals surface area contributed by atoms with E-state index in [9.17, 15) is 26.8 Å². The number of hydrogen-bond donors (Lipinski definition) is 1. The van der Waals surface area contributed by atoms with Crippen LogP contribution in [0.3, 0.4) is 0 Å². The minimum Gasteiger partial charge on any atom is -0.354 e. The molecule has 33 heavy (non-hydrogen) atoms. The summed E-state index contributed by atoms with van der Waals surface area (Å²) in [5.41, 5.74) is 0.558. The van der Waals surface area contributed by atoms with Crippen LogP contribution in [-0.2, 0) is 26.2 Å². The zero-order chi connectivity index (χ0) is 24.6. The second-order valence-corrected chi connectivity index (χ2v) is 9.60. The predicted molar refractivity (Wildman–Crippen MR) is 123 cm³/mol. The van der Waals surface area contributed by atoms with Gasteiger partial charge in [0.25, 0.3) is 0 Å². The lowest BCUT2D eigenvalue weighted by Gasteiger charge is -2.31. The number of halogens is 2. The van der Waals surface area contributed by atoms with Crippen LogP contribution in [0.4, 0.5) is 14.5 Å². The summed E-state index contributed by atoms with van der Waals surface area (Å²) in [5.74, 6) is -3.40. The summed E-state index contributed by atoms with van der Waals surface area (Å²) in [7, 11) is -4.02. The van der Waals surface area contributed by atoms with E-state index in [0.29, 0.717) is 16.9 Å². The number of benzene rings is 2. The fourth-order valence-corrected chi connectivity index (χ4v) is 3.99. The molecule has 0 saturated heterocycles. The molecule has 1 atom stereocenters. The molecule has 0 aliphatic heterocycles. The molecule has 7 nitrogen and oxygen atoms in total. The molecule has 2 aromatic carbocycles. The molecule has 0 aliphatic rings. The Morgan fingerprint density at radius 2 is 1.73 bits per heavy atom. The van der Waals surface area contributed by atoms with Gasteiger partial charge < -0.3 is 10.2 Å². The fourth-order valence-electron chi connectivity index (χ4n) is 3.15. The number of amides is 2. The van der Waals surface area contributed by atoms with Gasteiger partial charge in [-0.05, 0) is 31.0 Å². The molecule has 0 spiro atoms. The van der Waals surface area contributed by atoms with Crippen LogP contribution >= 0.6 is 0 Å². The number of anilines is 1. The molecule has 1 N–H and O–H groups in total. The van der Waals surface area contributed by atoms with Crippen LogP contribution in [0, 0.1) is 11.6 Å². The van der Waals surface area contributed by atoms with Crippen LogP contribution in [0.1, 0.15) is 32.3 Å². The quantitative estimate of drug-likeness (QED) is 0.500. The van der Waals surface area contributed by atoms with Gasteiger partial charge in [-0.2, -0.15) is 0 Å². The van der Waals surface area contributed by atoms with Gasteiger partial charge in [-0.15, -0.1) is 0 Å². The third-order valence-electron chi connectivity index (χ3n) is 5.06. The minimum absolute atomic E-state index is 0.0669. The highest BCUT2D eigenvalue weighted by atomic mass is 32.2. The number of hydrogen-bond acceptors (Lipinski definition) is 4. The van der Waals surface area contributed by atoms with Crippen molar-refractivity contribution < 1.29 is 26.8 Å². The molecule has 2 rings (SSSR count). The molecule has 2 aromatic rings. The lowest BCUT2D eigenvalue weighted by molar-refractivity contribution is -0.139. The maximum Gasteiger partial charge on any atom is 0.244 e. The van der Waals surface area contributed by atoms with E-state index in [0.717, 1.165) is 36.8 Å². The first-order valence-corrected chi connectivity index (χ1v) is 12.4. The van der Waals surface area contributed by atoms with Crippen molar-refractivity contribution in [1.29, 1.82) is 0 Å². The van der Waals surface area contributed by atoms with Crippen LogP contribution in [0.15, 0.2) is 48.5 Å². The number of nitrogens with one attached hydrogen (secondary N) is 1. The lowest BCUT2D eigenvalue weighted by atomic mass is 10.1. The first-order chi connectivity index (χ1) is 15.5. The molecule has 10 heteroatoms. The SMILES string of the molecule is CCCCNC(=O)[C@@H](C)N(Cc1ccccc1)C(=O)CN(c1ccc(F)c(F)c1)S(C)(=O)=O. The van der Waals surface area contributed by atoms with Crippen LogP contribution in [0.25, 0.3) is 0 Å². The smallest absolute Gasteiger partial charge is 0.244 e. The third kappa shape index (κ3) is 7.52. The highest BCUT2D eigenvalue weighted by Gasteiger charge is 2.30. The van der Waals surface area contributed by atoms with Crippen LogP contribution < -0.4 is 9.62 Å². The summed E-state index contributed by atoms with van der Waals surface area (Å²) >= 11 is 0. The summed E-state index contributed by atoms with van der Waals surface area (Å²) in [6, 6.07) is 10.6. The first-order valence-electron chi connectivity index (χ1n) is 10.6. The normalized spacial score (nSPS) is 12.2. The Balaban J connectivity index is 2.34. The minimum atomic E-state index is -4.02. The zero-order valence-electron chi connectivity index (χ0n) is 18.9. The highest BCUT2D eigenvalue weighted by Crippen LogP contribution is 2.21. The molecule has 0 saturated carbocycles. The van der Waals surface area contributed by atoms with Crippen LogP contribution in [0.5, 0.6) is 0 Å². The lowest BCUT2D eigenvalue weighted by Crippen LogP contribution is -2.51. The van der Waals surface area contributed by atoms with Crippen molar-refractivity contribution in [2.45, 2.75) is 39.3 Å². The van der Waals surface area contributed by atoms with Gasteiger partial charge in [0.1, 0.15) is 12.6 Å². The number of rotatable bonds is 11. The van der Waals surface area contributed by atoms with Crippen molar-refractivity contribution in [3.8, 4) is 0 Å². The van der Waals surface area contributed by atoms with Crippen LogP contribution in [-0.4, -0.2) is 50.5 Å².